The Morgan fingerprint density at radius 2 is 1.35 bits per heavy atom. The van der Waals surface area contributed by atoms with E-state index < -0.39 is 0 Å². The van der Waals surface area contributed by atoms with Gasteiger partial charge in [0.25, 0.3) is 0 Å². The van der Waals surface area contributed by atoms with Crippen molar-refractivity contribution in [3.63, 3.8) is 0 Å². The second-order valence-electron chi connectivity index (χ2n) is 6.06. The molecule has 4 rings (SSSR count). The smallest absolute Gasteiger partial charge is 0.197 e. The number of carbonyl (C=O) groups is 1. The number of ketones is 1. The lowest BCUT2D eigenvalue weighted by Gasteiger charge is -2.15. The molecule has 0 heterocycles. The Kier molecular flexibility index (Phi) is 4.05. The van der Waals surface area contributed by atoms with Gasteiger partial charge in [-0.15, -0.1) is 0 Å². The second-order valence-corrected chi connectivity index (χ2v) is 6.06. The molecule has 0 spiro atoms. The van der Waals surface area contributed by atoms with Crippen molar-refractivity contribution in [2.75, 3.05) is 14.2 Å². The van der Waals surface area contributed by atoms with Crippen LogP contribution in [0, 0.1) is 0 Å². The van der Waals surface area contributed by atoms with E-state index in [1.54, 1.807) is 20.3 Å². The maximum Gasteiger partial charge on any atom is 0.197 e. The van der Waals surface area contributed by atoms with Gasteiger partial charge in [-0.1, -0.05) is 66.7 Å². The molecule has 0 saturated heterocycles. The predicted octanol–water partition coefficient (Wildman–Crippen LogP) is 5.24. The summed E-state index contributed by atoms with van der Waals surface area (Å²) in [6.07, 6.45) is 0. The van der Waals surface area contributed by atoms with Crippen LogP contribution in [0.4, 0.5) is 0 Å². The highest BCUT2D eigenvalue weighted by Gasteiger charge is 2.21. The van der Waals surface area contributed by atoms with E-state index in [0.717, 1.165) is 21.5 Å². The van der Waals surface area contributed by atoms with Crippen molar-refractivity contribution in [2.24, 2.45) is 0 Å². The van der Waals surface area contributed by atoms with E-state index >= 15 is 0 Å². The van der Waals surface area contributed by atoms with Gasteiger partial charge in [0.05, 0.1) is 19.8 Å². The normalized spacial score (nSPS) is 10.8. The summed E-state index contributed by atoms with van der Waals surface area (Å²) < 4.78 is 11.2. The third-order valence-corrected chi connectivity index (χ3v) is 4.66. The number of rotatable bonds is 4. The molecule has 0 atom stereocenters. The first-order valence-electron chi connectivity index (χ1n) is 8.40. The average Bonchev–Trinajstić information content (AvgIpc) is 2.71. The molecule has 0 N–H and O–H groups in total. The number of ether oxygens (including phenoxy) is 2. The Morgan fingerprint density at radius 1 is 0.692 bits per heavy atom. The van der Waals surface area contributed by atoms with Crippen LogP contribution in [-0.2, 0) is 0 Å². The molecule has 0 aromatic heterocycles. The standard InChI is InChI=1S/C23H18O3/c1-25-21-14-20(23(26-2)19-12-6-5-11-17(19)21)22(24)18-13-7-9-15-8-3-4-10-16(15)18/h3-14H,1-2H3. The Labute approximate surface area is 151 Å². The molecule has 0 aliphatic heterocycles. The molecular weight excluding hydrogens is 324 g/mol. The molecule has 4 aromatic rings. The first kappa shape index (κ1) is 16.2. The summed E-state index contributed by atoms with van der Waals surface area (Å²) in [5, 5.41) is 3.73. The van der Waals surface area contributed by atoms with E-state index in [0.29, 0.717) is 22.6 Å². The molecule has 0 unspecified atom stereocenters. The minimum atomic E-state index is -0.0808. The predicted molar refractivity (Wildman–Crippen MR) is 104 cm³/mol. The Balaban J connectivity index is 2.00. The van der Waals surface area contributed by atoms with Crippen molar-refractivity contribution in [1.82, 2.24) is 0 Å². The van der Waals surface area contributed by atoms with Crippen molar-refractivity contribution >= 4 is 27.3 Å². The van der Waals surface area contributed by atoms with E-state index in [4.69, 9.17) is 9.47 Å². The van der Waals surface area contributed by atoms with Gasteiger partial charge in [-0.25, -0.2) is 0 Å². The third-order valence-electron chi connectivity index (χ3n) is 4.66. The van der Waals surface area contributed by atoms with Crippen LogP contribution in [0.1, 0.15) is 15.9 Å². The van der Waals surface area contributed by atoms with E-state index in [1.165, 1.54) is 0 Å². The molecule has 26 heavy (non-hydrogen) atoms. The summed E-state index contributed by atoms with van der Waals surface area (Å²) in [6, 6.07) is 23.2. The van der Waals surface area contributed by atoms with Gasteiger partial charge < -0.3 is 9.47 Å². The van der Waals surface area contributed by atoms with Gasteiger partial charge in [0.1, 0.15) is 11.5 Å². The topological polar surface area (TPSA) is 35.5 Å². The minimum absolute atomic E-state index is 0.0808. The van der Waals surface area contributed by atoms with E-state index in [9.17, 15) is 4.79 Å². The summed E-state index contributed by atoms with van der Waals surface area (Å²) in [6.45, 7) is 0. The SMILES string of the molecule is COc1cc(C(=O)c2cccc3ccccc23)c(OC)c2ccccc12. The van der Waals surface area contributed by atoms with E-state index in [1.807, 2.05) is 66.7 Å². The monoisotopic (exact) mass is 342 g/mol. The molecule has 0 radical (unpaired) electrons. The Morgan fingerprint density at radius 3 is 2.08 bits per heavy atom. The van der Waals surface area contributed by atoms with Gasteiger partial charge in [-0.3, -0.25) is 4.79 Å². The quantitative estimate of drug-likeness (QED) is 0.476. The highest BCUT2D eigenvalue weighted by molar-refractivity contribution is 6.19. The summed E-state index contributed by atoms with van der Waals surface area (Å²) in [5.74, 6) is 1.15. The van der Waals surface area contributed by atoms with Gasteiger partial charge in [0, 0.05) is 16.3 Å². The zero-order valence-electron chi connectivity index (χ0n) is 14.7. The number of methoxy groups -OCH3 is 2. The summed E-state index contributed by atoms with van der Waals surface area (Å²) in [4.78, 5) is 13.4. The molecule has 0 bridgehead atoms. The molecule has 0 fully saturated rings. The zero-order valence-corrected chi connectivity index (χ0v) is 14.7. The summed E-state index contributed by atoms with van der Waals surface area (Å²) in [7, 11) is 3.20. The van der Waals surface area contributed by atoms with Crippen LogP contribution >= 0.6 is 0 Å². The lowest BCUT2D eigenvalue weighted by molar-refractivity contribution is 0.103. The van der Waals surface area contributed by atoms with E-state index in [-0.39, 0.29) is 5.78 Å². The number of benzene rings is 4. The Bertz CT molecular complexity index is 1120. The third kappa shape index (κ3) is 2.49. The van der Waals surface area contributed by atoms with Crippen LogP contribution < -0.4 is 9.47 Å². The largest absolute Gasteiger partial charge is 0.496 e. The van der Waals surface area contributed by atoms with Gasteiger partial charge >= 0.3 is 0 Å². The van der Waals surface area contributed by atoms with E-state index in [2.05, 4.69) is 0 Å². The molecule has 0 saturated carbocycles. The lowest BCUT2D eigenvalue weighted by Crippen LogP contribution is -2.06. The maximum absolute atomic E-state index is 13.4. The van der Waals surface area contributed by atoms with Gasteiger partial charge in [0.15, 0.2) is 5.78 Å². The van der Waals surface area contributed by atoms with Crippen LogP contribution in [0.3, 0.4) is 0 Å². The zero-order chi connectivity index (χ0) is 18.1. The molecule has 0 amide bonds. The van der Waals surface area contributed by atoms with Gasteiger partial charge in [-0.05, 0) is 16.8 Å². The van der Waals surface area contributed by atoms with Gasteiger partial charge in [-0.2, -0.15) is 0 Å². The fraction of sp³-hybridized carbons (Fsp3) is 0.0870. The summed E-state index contributed by atoms with van der Waals surface area (Å²) in [5.41, 5.74) is 1.15. The number of hydrogen-bond donors (Lipinski definition) is 0. The number of fused-ring (bicyclic) bond motifs is 2. The fourth-order valence-electron chi connectivity index (χ4n) is 3.44. The molecule has 3 nitrogen and oxygen atoms in total. The first-order valence-corrected chi connectivity index (χ1v) is 8.40. The number of carbonyl (C=O) groups excluding carboxylic acids is 1. The molecule has 0 aliphatic rings. The average molecular weight is 342 g/mol. The fourth-order valence-corrected chi connectivity index (χ4v) is 3.44. The molecule has 0 aliphatic carbocycles. The van der Waals surface area contributed by atoms with Crippen molar-refractivity contribution in [3.05, 3.63) is 83.9 Å². The van der Waals surface area contributed by atoms with Crippen LogP contribution in [-0.4, -0.2) is 20.0 Å². The van der Waals surface area contributed by atoms with Crippen molar-refractivity contribution < 1.29 is 14.3 Å². The van der Waals surface area contributed by atoms with Gasteiger partial charge in [0.2, 0.25) is 0 Å². The minimum Gasteiger partial charge on any atom is -0.496 e. The van der Waals surface area contributed by atoms with Crippen LogP contribution in [0.15, 0.2) is 72.8 Å². The highest BCUT2D eigenvalue weighted by atomic mass is 16.5. The van der Waals surface area contributed by atoms with Crippen molar-refractivity contribution in [1.29, 1.82) is 0 Å². The highest BCUT2D eigenvalue weighted by Crippen LogP contribution is 2.38. The molecule has 128 valence electrons. The lowest BCUT2D eigenvalue weighted by atomic mass is 9.94. The van der Waals surface area contributed by atoms with Crippen LogP contribution in [0.25, 0.3) is 21.5 Å². The maximum atomic E-state index is 13.4. The first-order chi connectivity index (χ1) is 12.7. The van der Waals surface area contributed by atoms with Crippen molar-refractivity contribution in [3.8, 4) is 11.5 Å². The number of hydrogen-bond acceptors (Lipinski definition) is 3. The Hall–Kier alpha value is -3.33. The molecule has 4 aromatic carbocycles. The van der Waals surface area contributed by atoms with Crippen LogP contribution in [0.5, 0.6) is 11.5 Å². The van der Waals surface area contributed by atoms with Crippen LogP contribution in [0.2, 0.25) is 0 Å². The second kappa shape index (κ2) is 6.52. The molecule has 3 heteroatoms. The molecular formula is C23H18O3. The van der Waals surface area contributed by atoms with Crippen molar-refractivity contribution in [2.45, 2.75) is 0 Å². The summed E-state index contributed by atoms with van der Waals surface area (Å²) >= 11 is 0.